The zero-order valence-electron chi connectivity index (χ0n) is 21.7. The van der Waals surface area contributed by atoms with Gasteiger partial charge in [-0.05, 0) is 48.0 Å². The number of hydrogen-bond acceptors (Lipinski definition) is 7. The molecule has 0 unspecified atom stereocenters. The molecule has 5 N–H and O–H groups in total. The van der Waals surface area contributed by atoms with Crippen LogP contribution in [-0.4, -0.2) is 58.6 Å². The number of nitrogens with one attached hydrogen (secondary N) is 3. The number of fused-ring (bicyclic) bond motifs is 1. The highest BCUT2D eigenvalue weighted by Gasteiger charge is 2.24. The molecule has 3 aromatic carbocycles. The van der Waals surface area contributed by atoms with Crippen LogP contribution in [0.25, 0.3) is 10.9 Å². The van der Waals surface area contributed by atoms with Crippen LogP contribution in [0.4, 0.5) is 0 Å². The fourth-order valence-corrected chi connectivity index (χ4v) is 4.21. The van der Waals surface area contributed by atoms with Crippen molar-refractivity contribution in [1.82, 2.24) is 20.9 Å². The molecule has 41 heavy (non-hydrogen) atoms. The Kier molecular flexibility index (Phi) is 9.00. The maximum Gasteiger partial charge on any atom is 0.328 e. The van der Waals surface area contributed by atoms with Gasteiger partial charge in [-0.25, -0.2) is 9.78 Å². The molecule has 0 aliphatic rings. The first kappa shape index (κ1) is 28.8. The Labute approximate surface area is 239 Å². The molecule has 210 valence electrons. The molecule has 0 radical (unpaired) electrons. The molecule has 4 aromatic rings. The van der Waals surface area contributed by atoms with E-state index >= 15 is 0 Å². The number of ether oxygens (including phenoxy) is 1. The maximum absolute atomic E-state index is 12.8. The Morgan fingerprint density at radius 3 is 2.41 bits per heavy atom. The van der Waals surface area contributed by atoms with E-state index in [1.165, 1.54) is 43.5 Å². The van der Waals surface area contributed by atoms with Crippen LogP contribution in [-0.2, 0) is 11.3 Å². The first-order chi connectivity index (χ1) is 19.7. The number of phenolic OH excluding ortho intramolecular Hbond substituents is 1. The SMILES string of the molecule is COc1cc(C(=O)NC[C@H](NC(=O)c2ccc(C(=O)NCc3cccc(O)c3)cc2Cl)C(=O)O)nc2ccccc12. The lowest BCUT2D eigenvalue weighted by atomic mass is 10.1. The third kappa shape index (κ3) is 7.08. The predicted molar refractivity (Wildman–Crippen MR) is 150 cm³/mol. The van der Waals surface area contributed by atoms with Gasteiger partial charge in [-0.1, -0.05) is 35.9 Å². The topological polar surface area (TPSA) is 167 Å². The summed E-state index contributed by atoms with van der Waals surface area (Å²) in [5.74, 6) is -2.83. The van der Waals surface area contributed by atoms with E-state index in [0.29, 0.717) is 22.2 Å². The van der Waals surface area contributed by atoms with Gasteiger partial charge in [0.05, 0.1) is 23.2 Å². The number of aromatic hydroxyl groups is 1. The number of nitrogens with zero attached hydrogens (tertiary/aromatic N) is 1. The number of rotatable bonds is 10. The average molecular weight is 577 g/mol. The number of amides is 3. The van der Waals surface area contributed by atoms with E-state index in [-0.39, 0.29) is 34.1 Å². The number of carbonyl (C=O) groups excluding carboxylic acids is 3. The van der Waals surface area contributed by atoms with Crippen LogP contribution in [0.3, 0.4) is 0 Å². The molecule has 12 heteroatoms. The van der Waals surface area contributed by atoms with Crippen molar-refractivity contribution in [2.24, 2.45) is 0 Å². The summed E-state index contributed by atoms with van der Waals surface area (Å²) in [4.78, 5) is 54.2. The lowest BCUT2D eigenvalue weighted by Gasteiger charge is -2.16. The molecule has 1 heterocycles. The van der Waals surface area contributed by atoms with Gasteiger partial charge in [-0.3, -0.25) is 14.4 Å². The molecule has 3 amide bonds. The average Bonchev–Trinajstić information content (AvgIpc) is 2.96. The van der Waals surface area contributed by atoms with Crippen molar-refractivity contribution in [2.75, 3.05) is 13.7 Å². The van der Waals surface area contributed by atoms with Crippen LogP contribution in [0.5, 0.6) is 11.5 Å². The summed E-state index contributed by atoms with van der Waals surface area (Å²) >= 11 is 6.24. The lowest BCUT2D eigenvalue weighted by molar-refractivity contribution is -0.139. The van der Waals surface area contributed by atoms with Crippen LogP contribution in [0.2, 0.25) is 5.02 Å². The maximum atomic E-state index is 12.8. The van der Waals surface area contributed by atoms with Crippen LogP contribution < -0.4 is 20.7 Å². The molecule has 11 nitrogen and oxygen atoms in total. The van der Waals surface area contributed by atoms with E-state index in [0.717, 1.165) is 0 Å². The first-order valence-electron chi connectivity index (χ1n) is 12.3. The second-order valence-corrected chi connectivity index (χ2v) is 9.26. The number of benzene rings is 3. The van der Waals surface area contributed by atoms with Crippen molar-refractivity contribution < 1.29 is 34.1 Å². The second-order valence-electron chi connectivity index (χ2n) is 8.85. The Bertz CT molecular complexity index is 1640. The molecule has 0 aliphatic heterocycles. The van der Waals surface area contributed by atoms with Gasteiger partial charge >= 0.3 is 5.97 Å². The molecule has 1 atom stereocenters. The highest BCUT2D eigenvalue weighted by molar-refractivity contribution is 6.34. The summed E-state index contributed by atoms with van der Waals surface area (Å²) in [7, 11) is 1.46. The molecule has 0 fully saturated rings. The molecule has 0 saturated heterocycles. The summed E-state index contributed by atoms with van der Waals surface area (Å²) < 4.78 is 5.34. The van der Waals surface area contributed by atoms with Crippen molar-refractivity contribution in [3.05, 3.63) is 100 Å². The summed E-state index contributed by atoms with van der Waals surface area (Å²) in [6, 6.07) is 17.4. The number of hydrogen-bond donors (Lipinski definition) is 5. The van der Waals surface area contributed by atoms with Crippen LogP contribution in [0.15, 0.2) is 72.8 Å². The normalized spacial score (nSPS) is 11.4. The quantitative estimate of drug-likeness (QED) is 0.192. The highest BCUT2D eigenvalue weighted by atomic mass is 35.5. The smallest absolute Gasteiger partial charge is 0.328 e. The molecule has 4 rings (SSSR count). The minimum Gasteiger partial charge on any atom is -0.508 e. The minimum absolute atomic E-state index is 0.0111. The number of methoxy groups -OCH3 is 1. The van der Waals surface area contributed by atoms with Gasteiger partial charge in [0.2, 0.25) is 0 Å². The van der Waals surface area contributed by atoms with Crippen LogP contribution in [0.1, 0.15) is 36.8 Å². The molecular weight excluding hydrogens is 552 g/mol. The summed E-state index contributed by atoms with van der Waals surface area (Å²) in [5.41, 5.74) is 1.33. The van der Waals surface area contributed by atoms with Crippen LogP contribution in [0, 0.1) is 0 Å². The molecule has 0 aliphatic carbocycles. The second kappa shape index (κ2) is 12.8. The van der Waals surface area contributed by atoms with E-state index in [9.17, 15) is 29.4 Å². The molecule has 0 spiro atoms. The van der Waals surface area contributed by atoms with Gasteiger partial charge in [-0.15, -0.1) is 0 Å². The van der Waals surface area contributed by atoms with Crippen molar-refractivity contribution in [3.8, 4) is 11.5 Å². The molecular formula is C29H25ClN4O7. The first-order valence-corrected chi connectivity index (χ1v) is 12.7. The van der Waals surface area contributed by atoms with Crippen molar-refractivity contribution >= 4 is 46.2 Å². The summed E-state index contributed by atoms with van der Waals surface area (Å²) in [6.07, 6.45) is 0. The van der Waals surface area contributed by atoms with E-state index in [1.54, 1.807) is 36.4 Å². The van der Waals surface area contributed by atoms with Gasteiger partial charge in [0, 0.05) is 30.1 Å². The largest absolute Gasteiger partial charge is 0.508 e. The van der Waals surface area contributed by atoms with Crippen molar-refractivity contribution in [2.45, 2.75) is 12.6 Å². The Hall–Kier alpha value is -5.16. The van der Waals surface area contributed by atoms with Crippen LogP contribution >= 0.6 is 11.6 Å². The number of carboxylic acids is 1. The predicted octanol–water partition coefficient (Wildman–Crippen LogP) is 3.15. The number of para-hydroxylation sites is 1. The van der Waals surface area contributed by atoms with Gasteiger partial charge in [-0.2, -0.15) is 0 Å². The number of halogens is 1. The van der Waals surface area contributed by atoms with Crippen molar-refractivity contribution in [3.63, 3.8) is 0 Å². The van der Waals surface area contributed by atoms with E-state index in [4.69, 9.17) is 16.3 Å². The summed E-state index contributed by atoms with van der Waals surface area (Å²) in [5, 5.41) is 27.3. The molecule has 0 bridgehead atoms. The van der Waals surface area contributed by atoms with Crippen molar-refractivity contribution in [1.29, 1.82) is 0 Å². The number of phenols is 1. The van der Waals surface area contributed by atoms with Gasteiger partial charge < -0.3 is 30.9 Å². The van der Waals surface area contributed by atoms with Gasteiger partial charge in [0.25, 0.3) is 17.7 Å². The monoisotopic (exact) mass is 576 g/mol. The van der Waals surface area contributed by atoms with E-state index in [1.807, 2.05) is 0 Å². The number of pyridine rings is 1. The zero-order chi connectivity index (χ0) is 29.5. The zero-order valence-corrected chi connectivity index (χ0v) is 22.4. The third-order valence-corrected chi connectivity index (χ3v) is 6.35. The number of carbonyl (C=O) groups is 4. The van der Waals surface area contributed by atoms with Gasteiger partial charge in [0.1, 0.15) is 23.2 Å². The standard InChI is InChI=1S/C29H25ClN4O7/c1-41-25-13-23(33-22-8-3-2-7-20(22)25)28(38)32-15-24(29(39)40)34-27(37)19-10-9-17(12-21(19)30)26(36)31-14-16-5-4-6-18(35)11-16/h2-13,24,35H,14-15H2,1H3,(H,31,36)(H,32,38)(H,34,37)(H,39,40)/t24-/m0/s1. The Balaban J connectivity index is 1.39. The Morgan fingerprint density at radius 2 is 1.71 bits per heavy atom. The molecule has 0 saturated carbocycles. The number of carboxylic acid groups (broad SMARTS) is 1. The van der Waals surface area contributed by atoms with E-state index < -0.39 is 36.3 Å². The summed E-state index contributed by atoms with van der Waals surface area (Å²) in [6.45, 7) is -0.287. The van der Waals surface area contributed by atoms with E-state index in [2.05, 4.69) is 20.9 Å². The third-order valence-electron chi connectivity index (χ3n) is 6.04. The fourth-order valence-electron chi connectivity index (χ4n) is 3.94. The Morgan fingerprint density at radius 1 is 0.927 bits per heavy atom. The highest BCUT2D eigenvalue weighted by Crippen LogP contribution is 2.25. The number of aromatic nitrogens is 1. The number of aliphatic carboxylic acids is 1. The fraction of sp³-hybridized carbons (Fsp3) is 0.138. The minimum atomic E-state index is -1.49. The van der Waals surface area contributed by atoms with Gasteiger partial charge in [0.15, 0.2) is 0 Å². The lowest BCUT2D eigenvalue weighted by Crippen LogP contribution is -2.48. The molecule has 1 aromatic heterocycles.